The van der Waals surface area contributed by atoms with Crippen LogP contribution in [0.25, 0.3) is 0 Å². The fraction of sp³-hybridized carbons (Fsp3) is 0.533. The number of benzene rings is 1. The first-order valence-electron chi connectivity index (χ1n) is 6.91. The molecular formula is C15H21BrN2O3. The molecule has 1 unspecified atom stereocenters. The number of ether oxygens (including phenoxy) is 2. The second-order valence-electron chi connectivity index (χ2n) is 5.45. The minimum atomic E-state index is -0.634. The third-order valence-electron chi connectivity index (χ3n) is 3.53. The smallest absolute Gasteiger partial charge is 0.220 e. The largest absolute Gasteiger partial charge is 0.382 e. The lowest BCUT2D eigenvalue weighted by Crippen LogP contribution is -2.55. The highest BCUT2D eigenvalue weighted by atomic mass is 79.9. The highest BCUT2D eigenvalue weighted by molar-refractivity contribution is 9.10. The molecule has 1 fully saturated rings. The summed E-state index contributed by atoms with van der Waals surface area (Å²) in [7, 11) is 1.61. The van der Waals surface area contributed by atoms with E-state index in [0.717, 1.165) is 17.6 Å². The summed E-state index contributed by atoms with van der Waals surface area (Å²) in [6, 6.07) is 8.21. The van der Waals surface area contributed by atoms with Gasteiger partial charge in [-0.25, -0.2) is 0 Å². The first-order valence-corrected chi connectivity index (χ1v) is 7.70. The average Bonchev–Trinajstić information content (AvgIpc) is 2.38. The van der Waals surface area contributed by atoms with E-state index < -0.39 is 5.60 Å². The molecule has 5 nitrogen and oxygen atoms in total. The van der Waals surface area contributed by atoms with Crippen LogP contribution in [-0.2, 0) is 20.8 Å². The summed E-state index contributed by atoms with van der Waals surface area (Å²) in [4.78, 5) is 13.6. The Balaban J connectivity index is 2.06. The topological polar surface area (TPSA) is 64.8 Å². The molecule has 0 saturated carbocycles. The number of rotatable bonds is 6. The quantitative estimate of drug-likeness (QED) is 0.839. The van der Waals surface area contributed by atoms with Gasteiger partial charge >= 0.3 is 0 Å². The van der Waals surface area contributed by atoms with Crippen molar-refractivity contribution in [3.8, 4) is 0 Å². The van der Waals surface area contributed by atoms with Gasteiger partial charge in [0.15, 0.2) is 0 Å². The van der Waals surface area contributed by atoms with E-state index in [0.29, 0.717) is 19.8 Å². The van der Waals surface area contributed by atoms with E-state index in [1.807, 2.05) is 12.1 Å². The number of hydrogen-bond acceptors (Lipinski definition) is 4. The fourth-order valence-corrected chi connectivity index (χ4v) is 3.22. The maximum atomic E-state index is 11.3. The van der Waals surface area contributed by atoms with E-state index in [1.54, 1.807) is 7.11 Å². The van der Waals surface area contributed by atoms with Crippen LogP contribution in [0.4, 0.5) is 0 Å². The maximum Gasteiger partial charge on any atom is 0.220 e. The fourth-order valence-electron chi connectivity index (χ4n) is 2.78. The van der Waals surface area contributed by atoms with Crippen molar-refractivity contribution in [1.29, 1.82) is 0 Å². The summed E-state index contributed by atoms with van der Waals surface area (Å²) in [6.07, 6.45) is 0.176. The minimum absolute atomic E-state index is 0.176. The summed E-state index contributed by atoms with van der Waals surface area (Å²) in [5.74, 6) is -0.364. The first-order chi connectivity index (χ1) is 10.0. The van der Waals surface area contributed by atoms with Crippen molar-refractivity contribution in [2.45, 2.75) is 18.6 Å². The van der Waals surface area contributed by atoms with Gasteiger partial charge < -0.3 is 15.2 Å². The number of nitrogens with two attached hydrogens (primary N) is 1. The van der Waals surface area contributed by atoms with E-state index in [9.17, 15) is 4.79 Å². The second-order valence-corrected chi connectivity index (χ2v) is 6.36. The van der Waals surface area contributed by atoms with Gasteiger partial charge in [-0.2, -0.15) is 0 Å². The Hall–Kier alpha value is -0.950. The molecule has 1 aliphatic heterocycles. The summed E-state index contributed by atoms with van der Waals surface area (Å²) in [5, 5.41) is 0. The van der Waals surface area contributed by atoms with Crippen LogP contribution in [0.2, 0.25) is 0 Å². The zero-order valence-electron chi connectivity index (χ0n) is 12.2. The van der Waals surface area contributed by atoms with E-state index >= 15 is 0 Å². The summed E-state index contributed by atoms with van der Waals surface area (Å²) < 4.78 is 12.1. The summed E-state index contributed by atoms with van der Waals surface area (Å²) in [5.41, 5.74) is 5.94. The molecule has 2 N–H and O–H groups in total. The molecular weight excluding hydrogens is 336 g/mol. The van der Waals surface area contributed by atoms with Crippen LogP contribution in [0.15, 0.2) is 28.7 Å². The molecule has 0 bridgehead atoms. The second kappa shape index (κ2) is 7.35. The monoisotopic (exact) mass is 356 g/mol. The predicted molar refractivity (Wildman–Crippen MR) is 83.8 cm³/mol. The number of carbonyl (C=O) groups is 1. The molecule has 2 rings (SSSR count). The Morgan fingerprint density at radius 3 is 3.05 bits per heavy atom. The molecule has 0 aromatic heterocycles. The number of nitrogens with zero attached hydrogens (tertiary/aromatic N) is 1. The van der Waals surface area contributed by atoms with Crippen LogP contribution in [0.3, 0.4) is 0 Å². The SMILES string of the molecule is COCC1(CC(N)=O)CN(Cc2cccc(Br)c2)CCO1. The number of primary amides is 1. The molecule has 21 heavy (non-hydrogen) atoms. The predicted octanol–water partition coefficient (Wildman–Crippen LogP) is 1.54. The van der Waals surface area contributed by atoms with Crippen molar-refractivity contribution in [1.82, 2.24) is 4.90 Å². The Labute approximate surface area is 133 Å². The lowest BCUT2D eigenvalue weighted by atomic mass is 9.97. The van der Waals surface area contributed by atoms with Crippen molar-refractivity contribution in [2.75, 3.05) is 33.4 Å². The van der Waals surface area contributed by atoms with E-state index in [1.165, 1.54) is 5.56 Å². The molecule has 1 saturated heterocycles. The molecule has 6 heteroatoms. The maximum absolute atomic E-state index is 11.3. The molecule has 1 aromatic carbocycles. The van der Waals surface area contributed by atoms with Gasteiger partial charge in [0.25, 0.3) is 0 Å². The first kappa shape index (κ1) is 16.4. The van der Waals surface area contributed by atoms with Crippen LogP contribution in [0.5, 0.6) is 0 Å². The summed E-state index contributed by atoms with van der Waals surface area (Å²) >= 11 is 3.48. The van der Waals surface area contributed by atoms with Crippen molar-refractivity contribution >= 4 is 21.8 Å². The Bertz CT molecular complexity index is 494. The molecule has 0 spiro atoms. The van der Waals surface area contributed by atoms with Crippen LogP contribution >= 0.6 is 15.9 Å². The van der Waals surface area contributed by atoms with E-state index in [4.69, 9.17) is 15.2 Å². The number of methoxy groups -OCH3 is 1. The molecule has 1 aromatic rings. The molecule has 1 heterocycles. The third kappa shape index (κ3) is 4.78. The van der Waals surface area contributed by atoms with Crippen LogP contribution in [-0.4, -0.2) is 49.8 Å². The highest BCUT2D eigenvalue weighted by Gasteiger charge is 2.38. The normalized spacial score (nSPS) is 23.1. The lowest BCUT2D eigenvalue weighted by Gasteiger charge is -2.41. The van der Waals surface area contributed by atoms with Crippen molar-refractivity contribution in [2.24, 2.45) is 5.73 Å². The third-order valence-corrected chi connectivity index (χ3v) is 4.02. The standard InChI is InChI=1S/C15H21BrN2O3/c1-20-11-15(8-14(17)19)10-18(5-6-21-15)9-12-3-2-4-13(16)7-12/h2-4,7H,5-6,8-11H2,1H3,(H2,17,19). The zero-order valence-corrected chi connectivity index (χ0v) is 13.8. The molecule has 1 amide bonds. The zero-order chi connectivity index (χ0) is 15.3. The van der Waals surface area contributed by atoms with Gasteiger partial charge in [-0.15, -0.1) is 0 Å². The van der Waals surface area contributed by atoms with E-state index in [-0.39, 0.29) is 12.3 Å². The number of hydrogen-bond donors (Lipinski definition) is 1. The molecule has 1 aliphatic rings. The molecule has 1 atom stereocenters. The Morgan fingerprint density at radius 2 is 2.38 bits per heavy atom. The molecule has 0 radical (unpaired) electrons. The van der Waals surface area contributed by atoms with Gasteiger partial charge in [0.2, 0.25) is 5.91 Å². The molecule has 0 aliphatic carbocycles. The van der Waals surface area contributed by atoms with Gasteiger partial charge in [-0.3, -0.25) is 9.69 Å². The van der Waals surface area contributed by atoms with Gasteiger partial charge in [0.05, 0.1) is 19.6 Å². The van der Waals surface area contributed by atoms with Crippen LogP contribution in [0.1, 0.15) is 12.0 Å². The van der Waals surface area contributed by atoms with Crippen molar-refractivity contribution in [3.63, 3.8) is 0 Å². The van der Waals surface area contributed by atoms with Crippen LogP contribution in [0, 0.1) is 0 Å². The number of halogens is 1. The minimum Gasteiger partial charge on any atom is -0.382 e. The van der Waals surface area contributed by atoms with Crippen molar-refractivity contribution < 1.29 is 14.3 Å². The van der Waals surface area contributed by atoms with E-state index in [2.05, 4.69) is 33.0 Å². The lowest BCUT2D eigenvalue weighted by molar-refractivity contribution is -0.154. The van der Waals surface area contributed by atoms with Crippen LogP contribution < -0.4 is 5.73 Å². The Kier molecular flexibility index (Phi) is 5.75. The Morgan fingerprint density at radius 1 is 1.57 bits per heavy atom. The van der Waals surface area contributed by atoms with Gasteiger partial charge in [-0.05, 0) is 17.7 Å². The number of morpholine rings is 1. The van der Waals surface area contributed by atoms with Gasteiger partial charge in [0.1, 0.15) is 5.60 Å². The number of amides is 1. The van der Waals surface area contributed by atoms with Crippen molar-refractivity contribution in [3.05, 3.63) is 34.3 Å². The number of carbonyl (C=O) groups excluding carboxylic acids is 1. The van der Waals surface area contributed by atoms with Gasteiger partial charge in [-0.1, -0.05) is 28.1 Å². The average molecular weight is 357 g/mol. The molecule has 116 valence electrons. The summed E-state index contributed by atoms with van der Waals surface area (Å²) in [6.45, 7) is 3.22. The highest BCUT2D eigenvalue weighted by Crippen LogP contribution is 2.24. The van der Waals surface area contributed by atoms with Gasteiger partial charge in [0, 0.05) is 31.2 Å².